The minimum Gasteiger partial charge on any atom is -0.454 e. The number of ether oxygens (including phenoxy) is 1. The molecule has 1 aromatic carbocycles. The summed E-state index contributed by atoms with van der Waals surface area (Å²) in [6.07, 6.45) is 1.59. The van der Waals surface area contributed by atoms with Gasteiger partial charge in [0.1, 0.15) is 12.3 Å². The maximum Gasteiger partial charge on any atom is 0.355 e. The van der Waals surface area contributed by atoms with Crippen LogP contribution in [0.3, 0.4) is 0 Å². The molecule has 0 radical (unpaired) electrons. The van der Waals surface area contributed by atoms with E-state index in [-0.39, 0.29) is 24.0 Å². The summed E-state index contributed by atoms with van der Waals surface area (Å²) < 4.78 is 6.87. The summed E-state index contributed by atoms with van der Waals surface area (Å²) in [5, 5.41) is 2.25. The molecule has 0 saturated carbocycles. The Kier molecular flexibility index (Phi) is 5.70. The third-order valence-electron chi connectivity index (χ3n) is 4.03. The fourth-order valence-electron chi connectivity index (χ4n) is 2.64. The number of esters is 1. The predicted molar refractivity (Wildman–Crippen MR) is 106 cm³/mol. The number of hydrogen-bond donors (Lipinski definition) is 0. The highest BCUT2D eigenvalue weighted by molar-refractivity contribution is 7.14. The van der Waals surface area contributed by atoms with Crippen molar-refractivity contribution in [3.63, 3.8) is 0 Å². The summed E-state index contributed by atoms with van der Waals surface area (Å²) in [6.45, 7) is 2.88. The van der Waals surface area contributed by atoms with Gasteiger partial charge >= 0.3 is 5.97 Å². The van der Waals surface area contributed by atoms with Gasteiger partial charge in [0.15, 0.2) is 10.9 Å². The van der Waals surface area contributed by atoms with Gasteiger partial charge in [-0.25, -0.2) is 9.78 Å². The average Bonchev–Trinajstić information content (AvgIpc) is 3.27. The van der Waals surface area contributed by atoms with Gasteiger partial charge in [0.25, 0.3) is 0 Å². The van der Waals surface area contributed by atoms with Crippen molar-refractivity contribution < 1.29 is 19.1 Å². The van der Waals surface area contributed by atoms with Gasteiger partial charge in [0.2, 0.25) is 5.91 Å². The van der Waals surface area contributed by atoms with Crippen molar-refractivity contribution in [3.8, 4) is 0 Å². The Bertz CT molecular complexity index is 1020. The van der Waals surface area contributed by atoms with Crippen molar-refractivity contribution >= 4 is 39.8 Å². The molecule has 2 aromatic heterocycles. The van der Waals surface area contributed by atoms with E-state index in [9.17, 15) is 14.4 Å². The van der Waals surface area contributed by atoms with E-state index in [2.05, 4.69) is 4.98 Å². The molecule has 0 bridgehead atoms. The Morgan fingerprint density at radius 3 is 2.50 bits per heavy atom. The van der Waals surface area contributed by atoms with Crippen LogP contribution in [0.1, 0.15) is 40.4 Å². The zero-order valence-electron chi connectivity index (χ0n) is 15.7. The first-order valence-corrected chi connectivity index (χ1v) is 9.39. The second kappa shape index (κ2) is 8.18. The second-order valence-corrected chi connectivity index (χ2v) is 7.01. The fourth-order valence-corrected chi connectivity index (χ4v) is 3.51. The zero-order chi connectivity index (χ0) is 20.3. The summed E-state index contributed by atoms with van der Waals surface area (Å²) in [6, 6.07) is 10.7. The van der Waals surface area contributed by atoms with E-state index in [1.165, 1.54) is 36.2 Å². The number of aryl methyl sites for hydroxylation is 1. The van der Waals surface area contributed by atoms with Gasteiger partial charge in [0, 0.05) is 31.1 Å². The lowest BCUT2D eigenvalue weighted by molar-refractivity contribution is -0.115. The molecule has 7 nitrogen and oxygen atoms in total. The molecule has 0 spiro atoms. The van der Waals surface area contributed by atoms with Crippen molar-refractivity contribution in [2.75, 3.05) is 4.90 Å². The van der Waals surface area contributed by atoms with Crippen LogP contribution in [-0.2, 0) is 23.2 Å². The van der Waals surface area contributed by atoms with E-state index < -0.39 is 5.97 Å². The van der Waals surface area contributed by atoms with Crippen LogP contribution in [0.5, 0.6) is 0 Å². The molecule has 3 aromatic rings. The molecular weight excluding hydrogens is 378 g/mol. The maximum absolute atomic E-state index is 12.3. The lowest BCUT2D eigenvalue weighted by atomic mass is 10.2. The van der Waals surface area contributed by atoms with Crippen molar-refractivity contribution in [2.45, 2.75) is 20.5 Å². The van der Waals surface area contributed by atoms with Crippen molar-refractivity contribution in [3.05, 3.63) is 64.9 Å². The first kappa shape index (κ1) is 19.5. The molecule has 2 heterocycles. The molecule has 0 atom stereocenters. The lowest BCUT2D eigenvalue weighted by Crippen LogP contribution is -2.22. The summed E-state index contributed by atoms with van der Waals surface area (Å²) in [5.41, 5.74) is 1.99. The quantitative estimate of drug-likeness (QED) is 0.468. The van der Waals surface area contributed by atoms with Crippen LogP contribution in [-0.4, -0.2) is 27.2 Å². The standard InChI is InChI=1S/C20H19N3O4S/c1-13(24)15-9-18(22(3)10-15)19(26)27-11-16-12-28-20(21-16)23(14(2)25)17-7-5-4-6-8-17/h4-10,12H,11H2,1-3H3. The summed E-state index contributed by atoms with van der Waals surface area (Å²) in [4.78, 5) is 41.7. The van der Waals surface area contributed by atoms with Gasteiger partial charge in [-0.05, 0) is 25.1 Å². The Balaban J connectivity index is 1.71. The van der Waals surface area contributed by atoms with E-state index in [1.807, 2.05) is 30.3 Å². The molecule has 0 aliphatic rings. The summed E-state index contributed by atoms with van der Waals surface area (Å²) in [7, 11) is 1.68. The van der Waals surface area contributed by atoms with Gasteiger partial charge in [-0.15, -0.1) is 11.3 Å². The second-order valence-electron chi connectivity index (χ2n) is 6.17. The van der Waals surface area contributed by atoms with E-state index >= 15 is 0 Å². The third-order valence-corrected chi connectivity index (χ3v) is 4.91. The monoisotopic (exact) mass is 397 g/mol. The highest BCUT2D eigenvalue weighted by atomic mass is 32.1. The number of benzene rings is 1. The van der Waals surface area contributed by atoms with Gasteiger partial charge < -0.3 is 9.30 Å². The third kappa shape index (κ3) is 4.17. The van der Waals surface area contributed by atoms with Crippen LogP contribution >= 0.6 is 11.3 Å². The van der Waals surface area contributed by atoms with Crippen LogP contribution in [0.15, 0.2) is 48.0 Å². The number of thiazole rings is 1. The largest absolute Gasteiger partial charge is 0.454 e. The molecule has 0 fully saturated rings. The zero-order valence-corrected chi connectivity index (χ0v) is 16.5. The summed E-state index contributed by atoms with van der Waals surface area (Å²) in [5.74, 6) is -0.829. The van der Waals surface area contributed by atoms with Crippen molar-refractivity contribution in [1.29, 1.82) is 0 Å². The molecule has 0 aliphatic heterocycles. The Labute approximate surface area is 166 Å². The molecule has 8 heteroatoms. The SMILES string of the molecule is CC(=O)c1cc(C(=O)OCc2csc(N(C(C)=O)c3ccccc3)n2)n(C)c1. The Morgan fingerprint density at radius 1 is 1.18 bits per heavy atom. The first-order chi connectivity index (χ1) is 13.4. The van der Waals surface area contributed by atoms with Gasteiger partial charge in [-0.3, -0.25) is 14.5 Å². The highest BCUT2D eigenvalue weighted by Crippen LogP contribution is 2.29. The predicted octanol–water partition coefficient (Wildman–Crippen LogP) is 3.73. The number of amides is 1. The van der Waals surface area contributed by atoms with Gasteiger partial charge in [0.05, 0.1) is 11.4 Å². The summed E-state index contributed by atoms with van der Waals surface area (Å²) >= 11 is 1.29. The highest BCUT2D eigenvalue weighted by Gasteiger charge is 2.19. The van der Waals surface area contributed by atoms with E-state index in [0.717, 1.165) is 0 Å². The molecule has 0 N–H and O–H groups in total. The van der Waals surface area contributed by atoms with E-state index in [4.69, 9.17) is 4.74 Å². The number of para-hydroxylation sites is 1. The fraction of sp³-hybridized carbons (Fsp3) is 0.200. The van der Waals surface area contributed by atoms with Crippen LogP contribution in [0.25, 0.3) is 0 Å². The number of Topliss-reactive ketones (excluding diaryl/α,β-unsaturated/α-hetero) is 1. The molecule has 28 heavy (non-hydrogen) atoms. The van der Waals surface area contributed by atoms with Crippen LogP contribution in [0.4, 0.5) is 10.8 Å². The number of nitrogens with zero attached hydrogens (tertiary/aromatic N) is 3. The maximum atomic E-state index is 12.3. The Hall–Kier alpha value is -3.26. The number of aromatic nitrogens is 2. The van der Waals surface area contributed by atoms with Crippen molar-refractivity contribution in [1.82, 2.24) is 9.55 Å². The van der Waals surface area contributed by atoms with E-state index in [0.29, 0.717) is 22.1 Å². The topological polar surface area (TPSA) is 81.5 Å². The smallest absolute Gasteiger partial charge is 0.355 e. The number of hydrogen-bond acceptors (Lipinski definition) is 6. The lowest BCUT2D eigenvalue weighted by Gasteiger charge is -2.17. The number of carbonyl (C=O) groups excluding carboxylic acids is 3. The molecule has 3 rings (SSSR count). The molecule has 1 amide bonds. The minimum absolute atomic E-state index is 0.0313. The molecule has 0 unspecified atom stereocenters. The number of carbonyl (C=O) groups is 3. The van der Waals surface area contributed by atoms with Gasteiger partial charge in [-0.1, -0.05) is 18.2 Å². The average molecular weight is 397 g/mol. The first-order valence-electron chi connectivity index (χ1n) is 8.51. The van der Waals surface area contributed by atoms with Crippen molar-refractivity contribution in [2.24, 2.45) is 7.05 Å². The van der Waals surface area contributed by atoms with E-state index in [1.54, 1.807) is 23.2 Å². The number of ketones is 1. The number of rotatable bonds is 6. The Morgan fingerprint density at radius 2 is 1.89 bits per heavy atom. The molecule has 0 aliphatic carbocycles. The minimum atomic E-state index is -0.545. The molecular formula is C20H19N3O4S. The molecule has 0 saturated heterocycles. The van der Waals surface area contributed by atoms with Gasteiger partial charge in [-0.2, -0.15) is 0 Å². The molecule has 144 valence electrons. The van der Waals surface area contributed by atoms with Crippen LogP contribution in [0.2, 0.25) is 0 Å². The van der Waals surface area contributed by atoms with Crippen LogP contribution < -0.4 is 4.90 Å². The number of anilines is 2. The van der Waals surface area contributed by atoms with Crippen LogP contribution in [0, 0.1) is 0 Å². The normalized spacial score (nSPS) is 10.5.